The van der Waals surface area contributed by atoms with Crippen LogP contribution < -0.4 is 15.5 Å². The Morgan fingerprint density at radius 3 is 2.64 bits per heavy atom. The Hall–Kier alpha value is -1.88. The third-order valence-corrected chi connectivity index (χ3v) is 4.30. The summed E-state index contributed by atoms with van der Waals surface area (Å²) in [7, 11) is 0. The summed E-state index contributed by atoms with van der Waals surface area (Å²) in [4.78, 5) is 26.1. The van der Waals surface area contributed by atoms with Crippen LogP contribution in [0, 0.1) is 12.8 Å². The smallest absolute Gasteiger partial charge is 0.249 e. The highest BCUT2D eigenvalue weighted by Gasteiger charge is 2.33. The number of benzene rings is 1. The molecule has 1 aliphatic carbocycles. The Morgan fingerprint density at radius 1 is 1.23 bits per heavy atom. The van der Waals surface area contributed by atoms with Gasteiger partial charge in [0.2, 0.25) is 11.8 Å². The molecule has 1 saturated heterocycles. The molecule has 1 unspecified atom stereocenters. The van der Waals surface area contributed by atoms with E-state index in [1.165, 1.54) is 18.4 Å². The number of anilines is 1. The van der Waals surface area contributed by atoms with Crippen LogP contribution in [0.5, 0.6) is 0 Å². The van der Waals surface area contributed by atoms with Crippen molar-refractivity contribution in [3.63, 3.8) is 0 Å². The maximum absolute atomic E-state index is 12.4. The fourth-order valence-electron chi connectivity index (χ4n) is 2.75. The topological polar surface area (TPSA) is 61.4 Å². The molecule has 1 atom stereocenters. The zero-order chi connectivity index (χ0) is 15.5. The molecule has 2 amide bonds. The molecular weight excluding hydrogens is 278 g/mol. The van der Waals surface area contributed by atoms with Gasteiger partial charge in [0.25, 0.3) is 0 Å². The zero-order valence-corrected chi connectivity index (χ0v) is 13.0. The zero-order valence-electron chi connectivity index (χ0n) is 13.0. The van der Waals surface area contributed by atoms with Gasteiger partial charge in [-0.15, -0.1) is 0 Å². The summed E-state index contributed by atoms with van der Waals surface area (Å²) >= 11 is 0. The van der Waals surface area contributed by atoms with Crippen LogP contribution in [0.3, 0.4) is 0 Å². The van der Waals surface area contributed by atoms with Gasteiger partial charge in [-0.3, -0.25) is 9.59 Å². The average Bonchev–Trinajstić information content (AvgIpc) is 3.25. The second-order valence-electron chi connectivity index (χ2n) is 6.31. The normalized spacial score (nSPS) is 21.2. The Bertz CT molecular complexity index is 552. The monoisotopic (exact) mass is 301 g/mol. The van der Waals surface area contributed by atoms with Crippen molar-refractivity contribution in [3.8, 4) is 0 Å². The number of carbonyl (C=O) groups is 2. The number of rotatable bonds is 6. The summed E-state index contributed by atoms with van der Waals surface area (Å²) in [6, 6.07) is 7.51. The number of carbonyl (C=O) groups excluding carboxylic acids is 2. The predicted octanol–water partition coefficient (Wildman–Crippen LogP) is 1.22. The number of aryl methyl sites for hydroxylation is 1. The molecular formula is C17H23N3O2. The van der Waals surface area contributed by atoms with E-state index in [4.69, 9.17) is 0 Å². The Labute approximate surface area is 131 Å². The Morgan fingerprint density at radius 2 is 1.95 bits per heavy atom. The van der Waals surface area contributed by atoms with Crippen molar-refractivity contribution >= 4 is 17.5 Å². The maximum atomic E-state index is 12.4. The summed E-state index contributed by atoms with van der Waals surface area (Å²) in [5.41, 5.74) is 2.07. The van der Waals surface area contributed by atoms with E-state index in [1.807, 2.05) is 31.2 Å². The number of nitrogens with one attached hydrogen (secondary N) is 2. The number of hydrogen-bond acceptors (Lipinski definition) is 3. The largest absolute Gasteiger partial charge is 0.343 e. The van der Waals surface area contributed by atoms with Crippen molar-refractivity contribution in [2.24, 2.45) is 5.92 Å². The van der Waals surface area contributed by atoms with Gasteiger partial charge in [0.15, 0.2) is 0 Å². The first-order valence-corrected chi connectivity index (χ1v) is 8.01. The van der Waals surface area contributed by atoms with E-state index in [2.05, 4.69) is 10.6 Å². The fraction of sp³-hybridized carbons (Fsp3) is 0.529. The lowest BCUT2D eigenvalue weighted by molar-refractivity contribution is -0.125. The van der Waals surface area contributed by atoms with Crippen molar-refractivity contribution in [2.75, 3.05) is 24.5 Å². The molecule has 1 aromatic rings. The van der Waals surface area contributed by atoms with E-state index < -0.39 is 6.04 Å². The predicted molar refractivity (Wildman–Crippen MR) is 85.7 cm³/mol. The SMILES string of the molecule is Cc1ccc(N2CCC(NC(=O)CNCC3CC3)C2=O)cc1. The summed E-state index contributed by atoms with van der Waals surface area (Å²) in [5, 5.41) is 5.99. The molecule has 118 valence electrons. The van der Waals surface area contributed by atoms with Gasteiger partial charge in [0.1, 0.15) is 6.04 Å². The molecule has 2 fully saturated rings. The first-order valence-electron chi connectivity index (χ1n) is 8.01. The molecule has 2 aliphatic rings. The Kier molecular flexibility index (Phi) is 4.43. The lowest BCUT2D eigenvalue weighted by Crippen LogP contribution is -2.45. The van der Waals surface area contributed by atoms with Crippen molar-refractivity contribution in [2.45, 2.75) is 32.2 Å². The number of hydrogen-bond donors (Lipinski definition) is 2. The molecule has 5 heteroatoms. The molecule has 1 heterocycles. The second kappa shape index (κ2) is 6.48. The first-order chi connectivity index (χ1) is 10.6. The van der Waals surface area contributed by atoms with Crippen LogP contribution in [0.2, 0.25) is 0 Å². The molecule has 3 rings (SSSR count). The van der Waals surface area contributed by atoms with Gasteiger partial charge in [-0.05, 0) is 50.8 Å². The highest BCUT2D eigenvalue weighted by molar-refractivity contribution is 6.01. The molecule has 0 aromatic heterocycles. The fourth-order valence-corrected chi connectivity index (χ4v) is 2.75. The molecule has 1 saturated carbocycles. The third-order valence-electron chi connectivity index (χ3n) is 4.30. The van der Waals surface area contributed by atoms with Crippen molar-refractivity contribution < 1.29 is 9.59 Å². The van der Waals surface area contributed by atoms with Gasteiger partial charge >= 0.3 is 0 Å². The third kappa shape index (κ3) is 3.65. The first kappa shape index (κ1) is 15.0. The van der Waals surface area contributed by atoms with E-state index in [0.29, 0.717) is 19.5 Å². The van der Waals surface area contributed by atoms with Crippen LogP contribution >= 0.6 is 0 Å². The number of amides is 2. The Balaban J connectivity index is 1.49. The van der Waals surface area contributed by atoms with Crippen LogP contribution in [0.25, 0.3) is 0 Å². The van der Waals surface area contributed by atoms with E-state index >= 15 is 0 Å². The summed E-state index contributed by atoms with van der Waals surface area (Å²) in [5.74, 6) is 0.641. The molecule has 0 bridgehead atoms. The van der Waals surface area contributed by atoms with Crippen molar-refractivity contribution in [1.82, 2.24) is 10.6 Å². The molecule has 5 nitrogen and oxygen atoms in total. The minimum atomic E-state index is -0.392. The lowest BCUT2D eigenvalue weighted by Gasteiger charge is -2.17. The van der Waals surface area contributed by atoms with Crippen LogP contribution in [0.1, 0.15) is 24.8 Å². The van der Waals surface area contributed by atoms with Gasteiger partial charge in [0.05, 0.1) is 6.54 Å². The van der Waals surface area contributed by atoms with Gasteiger partial charge in [0, 0.05) is 12.2 Å². The standard InChI is InChI=1S/C17H23N3O2/c1-12-2-6-14(7-3-12)20-9-8-15(17(20)22)19-16(21)11-18-10-13-4-5-13/h2-3,6-7,13,15,18H,4-5,8-11H2,1H3,(H,19,21). The van der Waals surface area contributed by atoms with Crippen LogP contribution in [-0.2, 0) is 9.59 Å². The van der Waals surface area contributed by atoms with E-state index in [-0.39, 0.29) is 11.8 Å². The van der Waals surface area contributed by atoms with Crippen LogP contribution in [-0.4, -0.2) is 37.5 Å². The highest BCUT2D eigenvalue weighted by Crippen LogP contribution is 2.27. The molecule has 2 N–H and O–H groups in total. The van der Waals surface area contributed by atoms with Crippen molar-refractivity contribution in [3.05, 3.63) is 29.8 Å². The molecule has 0 spiro atoms. The van der Waals surface area contributed by atoms with Gasteiger partial charge in [-0.2, -0.15) is 0 Å². The summed E-state index contributed by atoms with van der Waals surface area (Å²) < 4.78 is 0. The summed E-state index contributed by atoms with van der Waals surface area (Å²) in [6.07, 6.45) is 3.20. The minimum absolute atomic E-state index is 0.0144. The molecule has 22 heavy (non-hydrogen) atoms. The van der Waals surface area contributed by atoms with E-state index in [0.717, 1.165) is 18.2 Å². The van der Waals surface area contributed by atoms with E-state index in [9.17, 15) is 9.59 Å². The summed E-state index contributed by atoms with van der Waals surface area (Å²) in [6.45, 7) is 3.88. The molecule has 1 aliphatic heterocycles. The van der Waals surface area contributed by atoms with E-state index in [1.54, 1.807) is 4.90 Å². The minimum Gasteiger partial charge on any atom is -0.343 e. The van der Waals surface area contributed by atoms with Gasteiger partial charge < -0.3 is 15.5 Å². The van der Waals surface area contributed by atoms with Gasteiger partial charge in [-0.1, -0.05) is 17.7 Å². The maximum Gasteiger partial charge on any atom is 0.249 e. The van der Waals surface area contributed by atoms with Crippen LogP contribution in [0.4, 0.5) is 5.69 Å². The lowest BCUT2D eigenvalue weighted by atomic mass is 10.2. The molecule has 0 radical (unpaired) electrons. The quantitative estimate of drug-likeness (QED) is 0.830. The van der Waals surface area contributed by atoms with Gasteiger partial charge in [-0.25, -0.2) is 0 Å². The number of nitrogens with zero attached hydrogens (tertiary/aromatic N) is 1. The van der Waals surface area contributed by atoms with Crippen LogP contribution in [0.15, 0.2) is 24.3 Å². The molecule has 1 aromatic carbocycles. The van der Waals surface area contributed by atoms with Crippen molar-refractivity contribution in [1.29, 1.82) is 0 Å². The average molecular weight is 301 g/mol. The second-order valence-corrected chi connectivity index (χ2v) is 6.31. The highest BCUT2D eigenvalue weighted by atomic mass is 16.2.